The Morgan fingerprint density at radius 1 is 1.42 bits per heavy atom. The van der Waals surface area contributed by atoms with E-state index in [9.17, 15) is 4.79 Å². The molecular weight excluding hydrogens is 246 g/mol. The molecule has 1 rings (SSSR count). The number of carbonyl (C=O) groups is 1. The summed E-state index contributed by atoms with van der Waals surface area (Å²) in [5.74, 6) is -0.367. The highest BCUT2D eigenvalue weighted by molar-refractivity contribution is 6.05. The second-order valence-electron chi connectivity index (χ2n) is 5.50. The third kappa shape index (κ3) is 4.70. The molecule has 110 valence electrons. The number of rotatable bonds is 6. The molecule has 0 aliphatic heterocycles. The summed E-state index contributed by atoms with van der Waals surface area (Å²) < 4.78 is 5.71. The van der Waals surface area contributed by atoms with Crippen LogP contribution in [0.4, 0.5) is 0 Å². The minimum atomic E-state index is -1.01. The molecule has 6 heteroatoms. The Bertz CT molecular complexity index is 323. The molecule has 1 aliphatic carbocycles. The number of carbonyl (C=O) groups excluding carboxylic acids is 1. The second kappa shape index (κ2) is 7.33. The van der Waals surface area contributed by atoms with Crippen molar-refractivity contribution in [3.63, 3.8) is 0 Å². The Balaban J connectivity index is 2.23. The summed E-state index contributed by atoms with van der Waals surface area (Å²) in [4.78, 5) is 11.9. The maximum Gasteiger partial charge on any atom is 0.233 e. The number of oxime groups is 1. The van der Waals surface area contributed by atoms with Crippen molar-refractivity contribution in [3.05, 3.63) is 0 Å². The first-order valence-electron chi connectivity index (χ1n) is 6.86. The maximum atomic E-state index is 11.9. The van der Waals surface area contributed by atoms with Crippen molar-refractivity contribution >= 4 is 11.7 Å². The van der Waals surface area contributed by atoms with Crippen molar-refractivity contribution in [1.29, 1.82) is 0 Å². The lowest BCUT2D eigenvalue weighted by Crippen LogP contribution is -2.46. The first-order chi connectivity index (χ1) is 8.98. The van der Waals surface area contributed by atoms with Crippen LogP contribution in [0, 0.1) is 5.41 Å². The third-order valence-corrected chi connectivity index (χ3v) is 3.61. The van der Waals surface area contributed by atoms with Gasteiger partial charge in [-0.1, -0.05) is 24.4 Å². The number of ether oxygens (including phenoxy) is 1. The highest BCUT2D eigenvalue weighted by atomic mass is 16.5. The summed E-state index contributed by atoms with van der Waals surface area (Å²) >= 11 is 0. The minimum absolute atomic E-state index is 0.0989. The smallest absolute Gasteiger partial charge is 0.233 e. The molecular formula is C13H25N3O3. The van der Waals surface area contributed by atoms with E-state index in [1.54, 1.807) is 13.8 Å². The molecule has 1 fully saturated rings. The largest absolute Gasteiger partial charge is 0.409 e. The van der Waals surface area contributed by atoms with E-state index in [2.05, 4.69) is 10.5 Å². The van der Waals surface area contributed by atoms with Crippen LogP contribution in [0.2, 0.25) is 0 Å². The van der Waals surface area contributed by atoms with Crippen LogP contribution in [0.15, 0.2) is 5.16 Å². The van der Waals surface area contributed by atoms with Crippen molar-refractivity contribution in [2.24, 2.45) is 16.3 Å². The molecule has 0 aromatic heterocycles. The van der Waals surface area contributed by atoms with Crippen molar-refractivity contribution in [1.82, 2.24) is 5.32 Å². The van der Waals surface area contributed by atoms with Gasteiger partial charge in [-0.3, -0.25) is 4.79 Å². The van der Waals surface area contributed by atoms with E-state index in [0.717, 1.165) is 12.8 Å². The van der Waals surface area contributed by atoms with Gasteiger partial charge in [0.05, 0.1) is 12.7 Å². The van der Waals surface area contributed by atoms with Crippen LogP contribution in [0.1, 0.15) is 46.0 Å². The normalized spacial score (nSPS) is 18.3. The fraction of sp³-hybridized carbons (Fsp3) is 0.846. The number of amides is 1. The Kier molecular flexibility index (Phi) is 6.08. The Morgan fingerprint density at radius 2 is 2.05 bits per heavy atom. The zero-order valence-corrected chi connectivity index (χ0v) is 11.8. The molecule has 0 saturated heterocycles. The molecule has 1 amide bonds. The zero-order chi connectivity index (χ0) is 14.3. The molecule has 6 nitrogen and oxygen atoms in total. The number of nitrogens with one attached hydrogen (secondary N) is 1. The van der Waals surface area contributed by atoms with E-state index in [1.165, 1.54) is 19.3 Å². The van der Waals surface area contributed by atoms with E-state index in [4.69, 9.17) is 15.7 Å². The first-order valence-corrected chi connectivity index (χ1v) is 6.86. The highest BCUT2D eigenvalue weighted by Crippen LogP contribution is 2.20. The predicted molar refractivity (Wildman–Crippen MR) is 73.0 cm³/mol. The van der Waals surface area contributed by atoms with Crippen molar-refractivity contribution < 1.29 is 14.7 Å². The van der Waals surface area contributed by atoms with Gasteiger partial charge >= 0.3 is 0 Å². The Hall–Kier alpha value is -1.30. The lowest BCUT2D eigenvalue weighted by atomic mass is 9.91. The predicted octanol–water partition coefficient (Wildman–Crippen LogP) is 1.22. The monoisotopic (exact) mass is 271 g/mol. The first kappa shape index (κ1) is 15.8. The van der Waals surface area contributed by atoms with Crippen LogP contribution in [0.3, 0.4) is 0 Å². The summed E-state index contributed by atoms with van der Waals surface area (Å²) in [6, 6.07) is 0. The van der Waals surface area contributed by atoms with Crippen molar-refractivity contribution in [2.45, 2.75) is 52.1 Å². The number of hydrogen-bond acceptors (Lipinski definition) is 4. The van der Waals surface area contributed by atoms with Crippen LogP contribution < -0.4 is 11.1 Å². The van der Waals surface area contributed by atoms with Gasteiger partial charge in [0.2, 0.25) is 5.91 Å². The van der Waals surface area contributed by atoms with Gasteiger partial charge in [0, 0.05) is 6.54 Å². The lowest BCUT2D eigenvalue weighted by Gasteiger charge is -2.24. The Morgan fingerprint density at radius 3 is 2.63 bits per heavy atom. The fourth-order valence-corrected chi connectivity index (χ4v) is 2.08. The van der Waals surface area contributed by atoms with E-state index >= 15 is 0 Å². The van der Waals surface area contributed by atoms with Gasteiger partial charge in [0.1, 0.15) is 5.41 Å². The molecule has 0 atom stereocenters. The van der Waals surface area contributed by atoms with Gasteiger partial charge in [-0.05, 0) is 26.7 Å². The molecule has 1 saturated carbocycles. The second-order valence-corrected chi connectivity index (χ2v) is 5.50. The van der Waals surface area contributed by atoms with E-state index in [-0.39, 0.29) is 11.7 Å². The molecule has 0 bridgehead atoms. The molecule has 0 unspecified atom stereocenters. The van der Waals surface area contributed by atoms with Crippen LogP contribution >= 0.6 is 0 Å². The summed E-state index contributed by atoms with van der Waals surface area (Å²) in [5, 5.41) is 14.2. The minimum Gasteiger partial charge on any atom is -0.409 e. The van der Waals surface area contributed by atoms with Crippen LogP contribution in [0.5, 0.6) is 0 Å². The van der Waals surface area contributed by atoms with Crippen molar-refractivity contribution in [2.75, 3.05) is 13.2 Å². The van der Waals surface area contributed by atoms with Crippen LogP contribution in [-0.4, -0.2) is 36.2 Å². The number of amidine groups is 1. The number of nitrogens with two attached hydrogens (primary N) is 1. The molecule has 0 aromatic carbocycles. The van der Waals surface area contributed by atoms with Gasteiger partial charge in [-0.2, -0.15) is 0 Å². The zero-order valence-electron chi connectivity index (χ0n) is 11.8. The maximum absolute atomic E-state index is 11.9. The molecule has 19 heavy (non-hydrogen) atoms. The lowest BCUT2D eigenvalue weighted by molar-refractivity contribution is -0.126. The molecule has 0 radical (unpaired) electrons. The van der Waals surface area contributed by atoms with E-state index in [1.807, 2.05) is 0 Å². The molecule has 0 spiro atoms. The van der Waals surface area contributed by atoms with Crippen LogP contribution in [-0.2, 0) is 9.53 Å². The number of hydrogen-bond donors (Lipinski definition) is 3. The van der Waals surface area contributed by atoms with Gasteiger partial charge in [0.25, 0.3) is 0 Å². The SMILES string of the molecule is CC(C)(C(=O)NCCOC1CCCCC1)/C(N)=N/O. The number of nitrogens with zero attached hydrogens (tertiary/aromatic N) is 1. The molecule has 0 aromatic rings. The molecule has 4 N–H and O–H groups in total. The fourth-order valence-electron chi connectivity index (χ4n) is 2.08. The average molecular weight is 271 g/mol. The van der Waals surface area contributed by atoms with Crippen molar-refractivity contribution in [3.8, 4) is 0 Å². The standard InChI is InChI=1S/C13H25N3O3/c1-13(2,11(14)16-18)12(17)15-8-9-19-10-6-4-3-5-7-10/h10,18H,3-9H2,1-2H3,(H2,14,16)(H,15,17). The van der Waals surface area contributed by atoms with Gasteiger partial charge in [-0.15, -0.1) is 0 Å². The summed E-state index contributed by atoms with van der Waals surface area (Å²) in [5.41, 5.74) is 4.47. The van der Waals surface area contributed by atoms with Gasteiger partial charge in [-0.25, -0.2) is 0 Å². The van der Waals surface area contributed by atoms with Crippen LogP contribution in [0.25, 0.3) is 0 Å². The molecule has 1 aliphatic rings. The van der Waals surface area contributed by atoms with E-state index in [0.29, 0.717) is 19.3 Å². The quantitative estimate of drug-likeness (QED) is 0.222. The summed E-state index contributed by atoms with van der Waals surface area (Å²) in [6.45, 7) is 4.17. The van der Waals surface area contributed by atoms with Gasteiger partial charge in [0.15, 0.2) is 5.84 Å². The topological polar surface area (TPSA) is 96.9 Å². The highest BCUT2D eigenvalue weighted by Gasteiger charge is 2.32. The summed E-state index contributed by atoms with van der Waals surface area (Å²) in [6.07, 6.45) is 6.32. The average Bonchev–Trinajstić information content (AvgIpc) is 2.43. The van der Waals surface area contributed by atoms with Gasteiger partial charge < -0.3 is 21.0 Å². The molecule has 0 heterocycles. The Labute approximate surface area is 114 Å². The summed E-state index contributed by atoms with van der Waals surface area (Å²) in [7, 11) is 0. The third-order valence-electron chi connectivity index (χ3n) is 3.61. The van der Waals surface area contributed by atoms with E-state index < -0.39 is 5.41 Å².